The summed E-state index contributed by atoms with van der Waals surface area (Å²) in [4.78, 5) is 0. The van der Waals surface area contributed by atoms with Crippen LogP contribution in [-0.2, 0) is 6.42 Å². The lowest BCUT2D eigenvalue weighted by molar-refractivity contribution is 0.246. The lowest BCUT2D eigenvalue weighted by Crippen LogP contribution is -2.24. The van der Waals surface area contributed by atoms with Crippen LogP contribution in [0.15, 0.2) is 36.4 Å². The summed E-state index contributed by atoms with van der Waals surface area (Å²) in [6.07, 6.45) is 0.620. The molecule has 0 aromatic heterocycles. The van der Waals surface area contributed by atoms with E-state index in [1.54, 1.807) is 0 Å². The molecule has 3 N–H and O–H groups in total. The molecule has 0 saturated heterocycles. The summed E-state index contributed by atoms with van der Waals surface area (Å²) < 4.78 is 32.5. The van der Waals surface area contributed by atoms with E-state index in [4.69, 9.17) is 10.5 Å². The fourth-order valence-corrected chi connectivity index (χ4v) is 2.33. The van der Waals surface area contributed by atoms with Gasteiger partial charge in [0.25, 0.3) is 0 Å². The summed E-state index contributed by atoms with van der Waals surface area (Å²) in [6, 6.07) is 10.1. The molecule has 3 rings (SSSR count). The lowest BCUT2D eigenvalue weighted by atomic mass is 10.1. The van der Waals surface area contributed by atoms with E-state index in [1.807, 2.05) is 24.3 Å². The second kappa shape index (κ2) is 5.00. The number of anilines is 2. The summed E-state index contributed by atoms with van der Waals surface area (Å²) in [6.45, 7) is 0.360. The summed E-state index contributed by atoms with van der Waals surface area (Å²) >= 11 is 0. The smallest absolute Gasteiger partial charge is 0.183 e. The van der Waals surface area contributed by atoms with E-state index in [0.29, 0.717) is 6.54 Å². The molecular weight excluding hydrogens is 262 g/mol. The number of rotatable bonds is 3. The van der Waals surface area contributed by atoms with Gasteiger partial charge in [-0.1, -0.05) is 18.2 Å². The standard InChI is InChI=1S/C15H14F2N2O/c16-11-5-6-12(18)15(14(11)17)19-8-10-7-9-3-1-2-4-13(9)20-10/h1-6,10,19H,7-8,18H2. The van der Waals surface area contributed by atoms with E-state index in [0.717, 1.165) is 23.8 Å². The van der Waals surface area contributed by atoms with E-state index in [2.05, 4.69) is 5.32 Å². The number of hydrogen-bond acceptors (Lipinski definition) is 3. The molecule has 0 aliphatic carbocycles. The van der Waals surface area contributed by atoms with Crippen molar-refractivity contribution in [2.75, 3.05) is 17.6 Å². The van der Waals surface area contributed by atoms with Gasteiger partial charge in [-0.25, -0.2) is 8.78 Å². The van der Waals surface area contributed by atoms with Gasteiger partial charge in [-0.15, -0.1) is 0 Å². The quantitative estimate of drug-likeness (QED) is 0.847. The molecule has 0 radical (unpaired) electrons. The third-order valence-electron chi connectivity index (χ3n) is 3.35. The van der Waals surface area contributed by atoms with Crippen LogP contribution in [0.1, 0.15) is 5.56 Å². The van der Waals surface area contributed by atoms with Crippen LogP contribution in [0.2, 0.25) is 0 Å². The maximum atomic E-state index is 13.6. The summed E-state index contributed by atoms with van der Waals surface area (Å²) in [7, 11) is 0. The van der Waals surface area contributed by atoms with E-state index in [-0.39, 0.29) is 17.5 Å². The number of nitrogen functional groups attached to an aromatic ring is 1. The zero-order valence-corrected chi connectivity index (χ0v) is 10.7. The second-order valence-corrected chi connectivity index (χ2v) is 4.76. The Bertz CT molecular complexity index is 621. The first-order valence-corrected chi connectivity index (χ1v) is 6.37. The minimum atomic E-state index is -0.958. The van der Waals surface area contributed by atoms with Crippen LogP contribution in [0, 0.1) is 11.6 Å². The monoisotopic (exact) mass is 276 g/mol. The molecule has 104 valence electrons. The van der Waals surface area contributed by atoms with Gasteiger partial charge < -0.3 is 15.8 Å². The number of nitrogens with one attached hydrogen (secondary N) is 1. The van der Waals surface area contributed by atoms with Crippen LogP contribution in [0.25, 0.3) is 0 Å². The van der Waals surface area contributed by atoms with Crippen molar-refractivity contribution in [1.82, 2.24) is 0 Å². The van der Waals surface area contributed by atoms with Gasteiger partial charge in [0.15, 0.2) is 11.6 Å². The minimum Gasteiger partial charge on any atom is -0.488 e. The molecule has 0 bridgehead atoms. The zero-order chi connectivity index (χ0) is 14.1. The van der Waals surface area contributed by atoms with Crippen LogP contribution in [0.4, 0.5) is 20.2 Å². The number of para-hydroxylation sites is 1. The molecule has 1 aliphatic heterocycles. The molecule has 0 amide bonds. The molecule has 0 fully saturated rings. The Balaban J connectivity index is 1.69. The highest BCUT2D eigenvalue weighted by atomic mass is 19.2. The Hall–Kier alpha value is -2.30. The third kappa shape index (κ3) is 2.27. The molecular formula is C15H14F2N2O. The van der Waals surface area contributed by atoms with Crippen molar-refractivity contribution >= 4 is 11.4 Å². The molecule has 0 saturated carbocycles. The summed E-state index contributed by atoms with van der Waals surface area (Å²) in [5.41, 5.74) is 6.94. The molecule has 2 aromatic carbocycles. The maximum Gasteiger partial charge on any atom is 0.183 e. The number of fused-ring (bicyclic) bond motifs is 1. The first-order chi connectivity index (χ1) is 9.65. The SMILES string of the molecule is Nc1ccc(F)c(F)c1NCC1Cc2ccccc2O1. The lowest BCUT2D eigenvalue weighted by Gasteiger charge is -2.15. The average molecular weight is 276 g/mol. The first kappa shape index (κ1) is 12.7. The molecule has 1 unspecified atom stereocenters. The van der Waals surface area contributed by atoms with Crippen molar-refractivity contribution in [3.05, 3.63) is 53.6 Å². The molecule has 2 aromatic rings. The van der Waals surface area contributed by atoms with E-state index in [1.165, 1.54) is 6.07 Å². The summed E-state index contributed by atoms with van der Waals surface area (Å²) in [5, 5.41) is 2.83. The van der Waals surface area contributed by atoms with Gasteiger partial charge in [0.05, 0.1) is 17.9 Å². The van der Waals surface area contributed by atoms with Crippen molar-refractivity contribution in [2.45, 2.75) is 12.5 Å². The van der Waals surface area contributed by atoms with Gasteiger partial charge in [-0.3, -0.25) is 0 Å². The highest BCUT2D eigenvalue weighted by Crippen LogP contribution is 2.29. The van der Waals surface area contributed by atoms with Crippen LogP contribution < -0.4 is 15.8 Å². The number of nitrogens with two attached hydrogens (primary N) is 1. The first-order valence-electron chi connectivity index (χ1n) is 6.37. The molecule has 0 spiro atoms. The topological polar surface area (TPSA) is 47.3 Å². The van der Waals surface area contributed by atoms with Crippen molar-refractivity contribution in [3.63, 3.8) is 0 Å². The minimum absolute atomic E-state index is 0.00967. The fourth-order valence-electron chi connectivity index (χ4n) is 2.33. The molecule has 20 heavy (non-hydrogen) atoms. The van der Waals surface area contributed by atoms with Crippen molar-refractivity contribution < 1.29 is 13.5 Å². The number of halogens is 2. The van der Waals surface area contributed by atoms with Gasteiger partial charge in [-0.05, 0) is 23.8 Å². The van der Waals surface area contributed by atoms with Crippen molar-refractivity contribution in [3.8, 4) is 5.75 Å². The Morgan fingerprint density at radius 2 is 2.00 bits per heavy atom. The molecule has 1 heterocycles. The highest BCUT2D eigenvalue weighted by Gasteiger charge is 2.23. The number of ether oxygens (including phenoxy) is 1. The molecule has 5 heteroatoms. The van der Waals surface area contributed by atoms with Gasteiger partial charge in [0.2, 0.25) is 0 Å². The van der Waals surface area contributed by atoms with E-state index >= 15 is 0 Å². The van der Waals surface area contributed by atoms with Crippen molar-refractivity contribution in [2.24, 2.45) is 0 Å². The third-order valence-corrected chi connectivity index (χ3v) is 3.35. The Labute approximate surface area is 115 Å². The number of benzene rings is 2. The summed E-state index contributed by atoms with van der Waals surface area (Å²) in [5.74, 6) is -1.04. The maximum absolute atomic E-state index is 13.6. The molecule has 3 nitrogen and oxygen atoms in total. The highest BCUT2D eigenvalue weighted by molar-refractivity contribution is 5.66. The normalized spacial score (nSPS) is 16.6. The van der Waals surface area contributed by atoms with Crippen molar-refractivity contribution in [1.29, 1.82) is 0 Å². The van der Waals surface area contributed by atoms with Crippen LogP contribution >= 0.6 is 0 Å². The predicted molar refractivity (Wildman–Crippen MR) is 73.8 cm³/mol. The van der Waals surface area contributed by atoms with Crippen LogP contribution in [0.5, 0.6) is 5.75 Å². The Morgan fingerprint density at radius 3 is 2.80 bits per heavy atom. The molecule has 1 aliphatic rings. The van der Waals surface area contributed by atoms with E-state index < -0.39 is 11.6 Å². The Kier molecular flexibility index (Phi) is 3.18. The molecule has 1 atom stereocenters. The van der Waals surface area contributed by atoms with Gasteiger partial charge in [0, 0.05) is 6.42 Å². The number of hydrogen-bond donors (Lipinski definition) is 2. The van der Waals surface area contributed by atoms with Crippen LogP contribution in [-0.4, -0.2) is 12.6 Å². The second-order valence-electron chi connectivity index (χ2n) is 4.76. The largest absolute Gasteiger partial charge is 0.488 e. The Morgan fingerprint density at radius 1 is 1.20 bits per heavy atom. The fraction of sp³-hybridized carbons (Fsp3) is 0.200. The predicted octanol–water partition coefficient (Wildman–Crippen LogP) is 2.96. The van der Waals surface area contributed by atoms with Gasteiger partial charge in [0.1, 0.15) is 11.9 Å². The van der Waals surface area contributed by atoms with Crippen LogP contribution in [0.3, 0.4) is 0 Å². The van der Waals surface area contributed by atoms with Gasteiger partial charge in [-0.2, -0.15) is 0 Å². The van der Waals surface area contributed by atoms with E-state index in [9.17, 15) is 8.78 Å². The van der Waals surface area contributed by atoms with Gasteiger partial charge >= 0.3 is 0 Å². The average Bonchev–Trinajstić information content (AvgIpc) is 2.86. The zero-order valence-electron chi connectivity index (χ0n) is 10.7.